The van der Waals surface area contributed by atoms with Crippen molar-refractivity contribution in [1.29, 1.82) is 0 Å². The number of hydrogen-bond acceptors (Lipinski definition) is 4. The second-order valence-corrected chi connectivity index (χ2v) is 8.74. The van der Waals surface area contributed by atoms with E-state index in [0.717, 1.165) is 40.6 Å². The molecule has 0 radical (unpaired) electrons. The van der Waals surface area contributed by atoms with Crippen molar-refractivity contribution in [2.75, 3.05) is 5.32 Å². The van der Waals surface area contributed by atoms with Crippen LogP contribution in [0.1, 0.15) is 6.92 Å². The van der Waals surface area contributed by atoms with Crippen LogP contribution in [0, 0.1) is 17.5 Å². The molecule has 5 nitrogen and oxygen atoms in total. The zero-order valence-electron chi connectivity index (χ0n) is 17.0. The number of para-hydroxylation sites is 1. The Morgan fingerprint density at radius 2 is 1.76 bits per heavy atom. The molecular weight excluding hydrogens is 475 g/mol. The molecule has 0 bridgehead atoms. The number of halogens is 4. The van der Waals surface area contributed by atoms with E-state index in [1.165, 1.54) is 6.07 Å². The minimum atomic E-state index is -0.953. The van der Waals surface area contributed by atoms with Crippen molar-refractivity contribution in [1.82, 2.24) is 9.55 Å². The molecule has 0 spiro atoms. The third-order valence-corrected chi connectivity index (χ3v) is 6.10. The number of amides is 1. The minimum absolute atomic E-state index is 0.0228. The molecule has 1 unspecified atom stereocenters. The average Bonchev–Trinajstić information content (AvgIpc) is 2.77. The van der Waals surface area contributed by atoms with Gasteiger partial charge in [-0.1, -0.05) is 35.5 Å². The lowest BCUT2D eigenvalue weighted by molar-refractivity contribution is -0.115. The van der Waals surface area contributed by atoms with Gasteiger partial charge in [0.15, 0.2) is 5.16 Å². The van der Waals surface area contributed by atoms with Crippen molar-refractivity contribution >= 4 is 45.9 Å². The number of thioether (sulfide) groups is 1. The molecule has 1 heterocycles. The monoisotopic (exact) mass is 489 g/mol. The molecule has 1 N–H and O–H groups in total. The number of aromatic nitrogens is 2. The highest BCUT2D eigenvalue weighted by molar-refractivity contribution is 8.00. The Morgan fingerprint density at radius 1 is 1.06 bits per heavy atom. The van der Waals surface area contributed by atoms with Gasteiger partial charge in [0.1, 0.15) is 17.5 Å². The van der Waals surface area contributed by atoms with Gasteiger partial charge < -0.3 is 5.32 Å². The molecule has 10 heteroatoms. The fourth-order valence-corrected chi connectivity index (χ4v) is 4.24. The Bertz CT molecular complexity index is 1440. The Kier molecular flexibility index (Phi) is 6.44. The zero-order chi connectivity index (χ0) is 23.7. The van der Waals surface area contributed by atoms with Gasteiger partial charge in [-0.15, -0.1) is 0 Å². The molecular formula is C23H15ClF3N3O2S. The molecule has 1 aromatic heterocycles. The highest BCUT2D eigenvalue weighted by atomic mass is 35.5. The fraction of sp³-hybridized carbons (Fsp3) is 0.0870. The lowest BCUT2D eigenvalue weighted by atomic mass is 10.2. The van der Waals surface area contributed by atoms with Crippen molar-refractivity contribution in [3.8, 4) is 5.69 Å². The number of rotatable bonds is 5. The standard InChI is InChI=1S/C23H15ClF3N3O2S/c1-12(21(31)28-19-8-6-13(25)10-16(19)24)33-23-29-18-5-3-2-4-15(18)22(32)30(23)20-9-7-14(26)11-17(20)27/h2-12H,1H3,(H,28,31). The first-order chi connectivity index (χ1) is 15.7. The number of carbonyl (C=O) groups excluding carboxylic acids is 1. The van der Waals surface area contributed by atoms with Crippen molar-refractivity contribution in [2.24, 2.45) is 0 Å². The summed E-state index contributed by atoms with van der Waals surface area (Å²) in [4.78, 5) is 30.4. The molecule has 0 aliphatic rings. The van der Waals surface area contributed by atoms with Gasteiger partial charge in [0, 0.05) is 6.07 Å². The average molecular weight is 490 g/mol. The second-order valence-electron chi connectivity index (χ2n) is 7.02. The van der Waals surface area contributed by atoms with E-state index in [9.17, 15) is 22.8 Å². The summed E-state index contributed by atoms with van der Waals surface area (Å²) in [7, 11) is 0. The smallest absolute Gasteiger partial charge is 0.266 e. The molecule has 0 aliphatic carbocycles. The van der Waals surface area contributed by atoms with E-state index >= 15 is 0 Å². The summed E-state index contributed by atoms with van der Waals surface area (Å²) in [5, 5.41) is 2.08. The predicted molar refractivity (Wildman–Crippen MR) is 123 cm³/mol. The Hall–Kier alpha value is -3.30. The first kappa shape index (κ1) is 22.9. The molecule has 4 rings (SSSR count). The molecule has 0 saturated carbocycles. The number of fused-ring (bicyclic) bond motifs is 1. The van der Waals surface area contributed by atoms with Crippen LogP contribution in [-0.2, 0) is 4.79 Å². The van der Waals surface area contributed by atoms with Gasteiger partial charge in [-0.2, -0.15) is 0 Å². The van der Waals surface area contributed by atoms with Crippen molar-refractivity contribution in [2.45, 2.75) is 17.3 Å². The first-order valence-electron chi connectivity index (χ1n) is 9.64. The molecule has 0 fully saturated rings. The predicted octanol–water partition coefficient (Wildman–Crippen LogP) is 5.58. The Labute approximate surface area is 195 Å². The van der Waals surface area contributed by atoms with Gasteiger partial charge >= 0.3 is 0 Å². The maximum Gasteiger partial charge on any atom is 0.266 e. The third kappa shape index (κ3) is 4.74. The fourth-order valence-electron chi connectivity index (χ4n) is 3.10. The minimum Gasteiger partial charge on any atom is -0.324 e. The summed E-state index contributed by atoms with van der Waals surface area (Å²) in [5.74, 6) is -2.80. The normalized spacial score (nSPS) is 12.0. The molecule has 0 aliphatic heterocycles. The maximum atomic E-state index is 14.6. The van der Waals surface area contributed by atoms with Crippen LogP contribution >= 0.6 is 23.4 Å². The lowest BCUT2D eigenvalue weighted by Gasteiger charge is -2.17. The van der Waals surface area contributed by atoms with E-state index in [2.05, 4.69) is 10.3 Å². The number of carbonyl (C=O) groups is 1. The number of anilines is 1. The SMILES string of the molecule is CC(Sc1nc2ccccc2c(=O)n1-c1ccc(F)cc1F)C(=O)Nc1ccc(F)cc1Cl. The van der Waals surface area contributed by atoms with Crippen molar-refractivity contribution < 1.29 is 18.0 Å². The summed E-state index contributed by atoms with van der Waals surface area (Å²) in [6.07, 6.45) is 0. The third-order valence-electron chi connectivity index (χ3n) is 4.74. The van der Waals surface area contributed by atoms with Crippen LogP contribution in [0.5, 0.6) is 0 Å². The Balaban J connectivity index is 1.74. The number of benzene rings is 3. The summed E-state index contributed by atoms with van der Waals surface area (Å²) < 4.78 is 42.3. The van der Waals surface area contributed by atoms with E-state index in [4.69, 9.17) is 11.6 Å². The van der Waals surface area contributed by atoms with Gasteiger partial charge in [-0.05, 0) is 49.4 Å². The largest absolute Gasteiger partial charge is 0.324 e. The van der Waals surface area contributed by atoms with Gasteiger partial charge in [-0.25, -0.2) is 18.2 Å². The first-order valence-corrected chi connectivity index (χ1v) is 10.9. The van der Waals surface area contributed by atoms with Crippen LogP contribution in [0.4, 0.5) is 18.9 Å². The number of nitrogens with zero attached hydrogens (tertiary/aromatic N) is 2. The Morgan fingerprint density at radius 3 is 2.48 bits per heavy atom. The van der Waals surface area contributed by atoms with E-state index in [1.807, 2.05) is 0 Å². The molecule has 33 heavy (non-hydrogen) atoms. The van der Waals surface area contributed by atoms with E-state index < -0.39 is 34.2 Å². The lowest BCUT2D eigenvalue weighted by Crippen LogP contribution is -2.26. The summed E-state index contributed by atoms with van der Waals surface area (Å²) >= 11 is 6.87. The van der Waals surface area contributed by atoms with Crippen LogP contribution in [-0.4, -0.2) is 20.7 Å². The second kappa shape index (κ2) is 9.29. The molecule has 0 saturated heterocycles. The maximum absolute atomic E-state index is 14.6. The van der Waals surface area contributed by atoms with E-state index in [-0.39, 0.29) is 26.9 Å². The molecule has 168 valence electrons. The quantitative estimate of drug-likeness (QED) is 0.294. The highest BCUT2D eigenvalue weighted by Gasteiger charge is 2.22. The highest BCUT2D eigenvalue weighted by Crippen LogP contribution is 2.28. The van der Waals surface area contributed by atoms with Crippen LogP contribution in [0.3, 0.4) is 0 Å². The topological polar surface area (TPSA) is 64.0 Å². The molecule has 1 atom stereocenters. The van der Waals surface area contributed by atoms with E-state index in [0.29, 0.717) is 11.6 Å². The van der Waals surface area contributed by atoms with Gasteiger partial charge in [0.2, 0.25) is 5.91 Å². The van der Waals surface area contributed by atoms with Gasteiger partial charge in [0.05, 0.1) is 32.6 Å². The summed E-state index contributed by atoms with van der Waals surface area (Å²) in [5.41, 5.74) is -0.193. The van der Waals surface area contributed by atoms with Gasteiger partial charge in [-0.3, -0.25) is 14.2 Å². The van der Waals surface area contributed by atoms with Crippen LogP contribution in [0.15, 0.2) is 70.6 Å². The number of nitrogens with one attached hydrogen (secondary N) is 1. The molecule has 3 aromatic carbocycles. The zero-order valence-corrected chi connectivity index (χ0v) is 18.6. The number of hydrogen-bond donors (Lipinski definition) is 1. The van der Waals surface area contributed by atoms with Crippen LogP contribution in [0.2, 0.25) is 5.02 Å². The van der Waals surface area contributed by atoms with Crippen LogP contribution in [0.25, 0.3) is 16.6 Å². The van der Waals surface area contributed by atoms with Gasteiger partial charge in [0.25, 0.3) is 5.56 Å². The summed E-state index contributed by atoms with van der Waals surface area (Å²) in [6, 6.07) is 12.9. The van der Waals surface area contributed by atoms with Crippen molar-refractivity contribution in [3.05, 3.63) is 93.5 Å². The molecule has 1 amide bonds. The van der Waals surface area contributed by atoms with E-state index in [1.54, 1.807) is 31.2 Å². The van der Waals surface area contributed by atoms with Crippen molar-refractivity contribution in [3.63, 3.8) is 0 Å². The molecule has 4 aromatic rings. The summed E-state index contributed by atoms with van der Waals surface area (Å²) in [6.45, 7) is 1.56. The van der Waals surface area contributed by atoms with Crippen LogP contribution < -0.4 is 10.9 Å².